The van der Waals surface area contributed by atoms with E-state index in [1.54, 1.807) is 37.3 Å². The Morgan fingerprint density at radius 2 is 1.90 bits per heavy atom. The first kappa shape index (κ1) is 28.8. The lowest BCUT2D eigenvalue weighted by atomic mass is 9.93. The molecule has 12 heteroatoms. The molecule has 1 amide bonds. The third kappa shape index (κ3) is 5.46. The first-order chi connectivity index (χ1) is 19.6. The summed E-state index contributed by atoms with van der Waals surface area (Å²) < 4.78 is 20.2. The summed E-state index contributed by atoms with van der Waals surface area (Å²) >= 11 is 5.62. The lowest BCUT2D eigenvalue weighted by Gasteiger charge is -2.23. The molecule has 1 atom stereocenters. The van der Waals surface area contributed by atoms with Crippen molar-refractivity contribution in [3.05, 3.63) is 98.3 Å². The Bertz CT molecular complexity index is 1720. The van der Waals surface area contributed by atoms with Gasteiger partial charge in [0, 0.05) is 11.3 Å². The van der Waals surface area contributed by atoms with Crippen LogP contribution in [-0.2, 0) is 15.3 Å². The number of aromatic nitrogens is 2. The first-order valence-electron chi connectivity index (χ1n) is 12.3. The summed E-state index contributed by atoms with van der Waals surface area (Å²) in [7, 11) is 1.38. The van der Waals surface area contributed by atoms with Gasteiger partial charge in [-0.2, -0.15) is 0 Å². The molecule has 0 aliphatic carbocycles. The number of aromatic hydroxyl groups is 1. The van der Waals surface area contributed by atoms with Crippen LogP contribution in [0.4, 0.5) is 9.52 Å². The van der Waals surface area contributed by atoms with Gasteiger partial charge in [0.2, 0.25) is 5.13 Å². The summed E-state index contributed by atoms with van der Waals surface area (Å²) in [6.45, 7) is 3.65. The number of benzene rings is 3. The molecule has 1 unspecified atom stereocenters. The van der Waals surface area contributed by atoms with Crippen molar-refractivity contribution in [2.45, 2.75) is 30.0 Å². The van der Waals surface area contributed by atoms with Crippen molar-refractivity contribution < 1.29 is 28.9 Å². The molecule has 2 heterocycles. The second kappa shape index (κ2) is 11.6. The largest absolute Gasteiger partial charge is 0.507 e. The molecule has 0 radical (unpaired) electrons. The predicted molar refractivity (Wildman–Crippen MR) is 159 cm³/mol. The fourth-order valence-electron chi connectivity index (χ4n) is 4.50. The molecule has 2 N–H and O–H groups in total. The molecular formula is C29H23BrFN3O5S2. The SMILES string of the molecule is COc1cc(C2/C(=C(\O)c3cc(C)ccc3C)C(=O)C(=O)N2c2nnc(SCc3ccccc3F)s2)cc(Br)c1O. The number of methoxy groups -OCH3 is 1. The molecular weight excluding hydrogens is 633 g/mol. The van der Waals surface area contributed by atoms with Crippen molar-refractivity contribution in [3.63, 3.8) is 0 Å². The third-order valence-corrected chi connectivity index (χ3v) is 9.30. The van der Waals surface area contributed by atoms with E-state index >= 15 is 0 Å². The maximum Gasteiger partial charge on any atom is 0.301 e. The topological polar surface area (TPSA) is 113 Å². The first-order valence-corrected chi connectivity index (χ1v) is 14.8. The number of ketones is 1. The second-order valence-corrected chi connectivity index (χ2v) is 12.3. The summed E-state index contributed by atoms with van der Waals surface area (Å²) in [6, 6.07) is 13.8. The summed E-state index contributed by atoms with van der Waals surface area (Å²) in [6.07, 6.45) is 0. The van der Waals surface area contributed by atoms with Gasteiger partial charge in [0.05, 0.1) is 23.2 Å². The van der Waals surface area contributed by atoms with Gasteiger partial charge in [0.25, 0.3) is 5.78 Å². The predicted octanol–water partition coefficient (Wildman–Crippen LogP) is 6.69. The fourth-order valence-corrected chi connectivity index (χ4v) is 6.82. The van der Waals surface area contributed by atoms with Gasteiger partial charge in [-0.25, -0.2) is 4.39 Å². The van der Waals surface area contributed by atoms with Crippen LogP contribution in [0.2, 0.25) is 0 Å². The fraction of sp³-hybridized carbons (Fsp3) is 0.172. The number of phenolic OH excluding ortho intramolecular Hbond substituents is 1. The summed E-state index contributed by atoms with van der Waals surface area (Å²) in [5.74, 6) is -2.24. The molecule has 1 fully saturated rings. The lowest BCUT2D eigenvalue weighted by Crippen LogP contribution is -2.29. The molecule has 8 nitrogen and oxygen atoms in total. The number of aliphatic hydroxyl groups is 1. The average Bonchev–Trinajstić information content (AvgIpc) is 3.52. The highest BCUT2D eigenvalue weighted by atomic mass is 79.9. The molecule has 210 valence electrons. The standard InChI is InChI=1S/C29H23BrFN3O5S2/c1-14-8-9-15(2)18(10-14)24(35)22-23(17-11-19(30)25(36)21(12-17)39-3)34(27(38)26(22)37)28-32-33-29(41-28)40-13-16-6-4-5-7-20(16)31/h4-12,23,35-36H,13H2,1-3H3/b24-22+. The number of carbonyl (C=O) groups excluding carboxylic acids is 2. The number of aryl methyl sites for hydroxylation is 2. The molecule has 1 aromatic heterocycles. The van der Waals surface area contributed by atoms with Gasteiger partial charge < -0.3 is 14.9 Å². The number of amides is 1. The van der Waals surface area contributed by atoms with E-state index in [-0.39, 0.29) is 44.0 Å². The van der Waals surface area contributed by atoms with Crippen LogP contribution in [0.25, 0.3) is 5.76 Å². The van der Waals surface area contributed by atoms with Crippen molar-refractivity contribution in [1.82, 2.24) is 10.2 Å². The van der Waals surface area contributed by atoms with E-state index < -0.39 is 17.7 Å². The molecule has 1 aliphatic heterocycles. The number of aliphatic hydroxyl groups excluding tert-OH is 1. The Kier molecular flexibility index (Phi) is 8.16. The van der Waals surface area contributed by atoms with Crippen molar-refractivity contribution >= 4 is 61.6 Å². The van der Waals surface area contributed by atoms with Crippen LogP contribution < -0.4 is 9.64 Å². The van der Waals surface area contributed by atoms with Crippen LogP contribution in [0.15, 0.2) is 69.0 Å². The van der Waals surface area contributed by atoms with E-state index in [2.05, 4.69) is 26.1 Å². The number of Topliss-reactive ketones (excluding diaryl/α,β-unsaturated/α-hetero) is 1. The molecule has 5 rings (SSSR count). The molecule has 0 saturated carbocycles. The summed E-state index contributed by atoms with van der Waals surface area (Å²) in [5.41, 5.74) is 2.72. The van der Waals surface area contributed by atoms with E-state index in [4.69, 9.17) is 4.74 Å². The number of ether oxygens (including phenoxy) is 1. The molecule has 3 aromatic carbocycles. The normalized spacial score (nSPS) is 16.4. The van der Waals surface area contributed by atoms with Gasteiger partial charge >= 0.3 is 5.91 Å². The number of halogens is 2. The zero-order valence-electron chi connectivity index (χ0n) is 22.0. The quantitative estimate of drug-likeness (QED) is 0.0745. The minimum atomic E-state index is -1.11. The van der Waals surface area contributed by atoms with Crippen molar-refractivity contribution in [1.29, 1.82) is 0 Å². The van der Waals surface area contributed by atoms with Crippen molar-refractivity contribution in [2.75, 3.05) is 12.0 Å². The Morgan fingerprint density at radius 1 is 1.15 bits per heavy atom. The van der Waals surface area contributed by atoms with E-state index in [9.17, 15) is 24.2 Å². The molecule has 0 bridgehead atoms. The molecule has 0 spiro atoms. The highest BCUT2D eigenvalue weighted by molar-refractivity contribution is 9.10. The molecule has 4 aromatic rings. The smallest absolute Gasteiger partial charge is 0.301 e. The van der Waals surface area contributed by atoms with Crippen LogP contribution in [0.1, 0.15) is 33.9 Å². The highest BCUT2D eigenvalue weighted by Crippen LogP contribution is 2.47. The number of thioether (sulfide) groups is 1. The zero-order valence-corrected chi connectivity index (χ0v) is 25.2. The number of phenols is 1. The lowest BCUT2D eigenvalue weighted by molar-refractivity contribution is -0.132. The Morgan fingerprint density at radius 3 is 2.63 bits per heavy atom. The molecule has 1 saturated heterocycles. The number of nitrogens with zero attached hydrogens (tertiary/aromatic N) is 3. The van der Waals surface area contributed by atoms with E-state index in [0.29, 0.717) is 26.6 Å². The minimum absolute atomic E-state index is 0.102. The molecule has 41 heavy (non-hydrogen) atoms. The molecule has 1 aliphatic rings. The average molecular weight is 657 g/mol. The van der Waals surface area contributed by atoms with Gasteiger partial charge in [0.15, 0.2) is 15.8 Å². The minimum Gasteiger partial charge on any atom is -0.507 e. The van der Waals surface area contributed by atoms with Crippen molar-refractivity contribution in [3.8, 4) is 11.5 Å². The van der Waals surface area contributed by atoms with Crippen LogP contribution in [-0.4, -0.2) is 39.2 Å². The van der Waals surface area contributed by atoms with E-state index in [0.717, 1.165) is 16.9 Å². The van der Waals surface area contributed by atoms with Crippen LogP contribution in [0.3, 0.4) is 0 Å². The summed E-state index contributed by atoms with van der Waals surface area (Å²) in [5, 5.41) is 30.4. The second-order valence-electron chi connectivity index (χ2n) is 9.27. The van der Waals surface area contributed by atoms with E-state index in [1.165, 1.54) is 35.9 Å². The van der Waals surface area contributed by atoms with Crippen molar-refractivity contribution in [2.24, 2.45) is 0 Å². The Hall–Kier alpha value is -3.74. The maximum atomic E-state index is 14.1. The number of hydrogen-bond donors (Lipinski definition) is 2. The maximum absolute atomic E-state index is 14.1. The number of anilines is 1. The van der Waals surface area contributed by atoms with Crippen LogP contribution in [0, 0.1) is 19.7 Å². The van der Waals surface area contributed by atoms with Gasteiger partial charge in [-0.05, 0) is 70.7 Å². The van der Waals surface area contributed by atoms with E-state index in [1.807, 2.05) is 19.1 Å². The third-order valence-electron chi connectivity index (χ3n) is 6.59. The van der Waals surface area contributed by atoms with Gasteiger partial charge in [-0.1, -0.05) is 59.0 Å². The Labute approximate surface area is 251 Å². The Balaban J connectivity index is 1.63. The zero-order chi connectivity index (χ0) is 29.4. The van der Waals surface area contributed by atoms with Crippen LogP contribution in [0.5, 0.6) is 11.5 Å². The van der Waals surface area contributed by atoms with Gasteiger partial charge in [-0.3, -0.25) is 14.5 Å². The number of rotatable bonds is 7. The number of hydrogen-bond acceptors (Lipinski definition) is 9. The highest BCUT2D eigenvalue weighted by Gasteiger charge is 2.49. The summed E-state index contributed by atoms with van der Waals surface area (Å²) in [4.78, 5) is 28.3. The van der Waals surface area contributed by atoms with Gasteiger partial charge in [0.1, 0.15) is 11.6 Å². The van der Waals surface area contributed by atoms with Gasteiger partial charge in [-0.15, -0.1) is 10.2 Å². The number of carbonyl (C=O) groups is 2. The monoisotopic (exact) mass is 655 g/mol. The van der Waals surface area contributed by atoms with Crippen LogP contribution >= 0.6 is 39.0 Å².